The Balaban J connectivity index is 2.06. The number of hydrogen-bond acceptors (Lipinski definition) is 3. The van der Waals surface area contributed by atoms with E-state index in [0.717, 1.165) is 16.8 Å². The van der Waals surface area contributed by atoms with E-state index in [9.17, 15) is 0 Å². The third kappa shape index (κ3) is 4.45. The average molecular weight is 315 g/mol. The summed E-state index contributed by atoms with van der Waals surface area (Å²) in [6.45, 7) is 5.71. The van der Waals surface area contributed by atoms with Gasteiger partial charge in [-0.1, -0.05) is 25.4 Å². The van der Waals surface area contributed by atoms with Crippen LogP contribution >= 0.6 is 22.9 Å². The second-order valence-electron chi connectivity index (χ2n) is 6.63. The monoisotopic (exact) mass is 314 g/mol. The third-order valence-electron chi connectivity index (χ3n) is 3.86. The Bertz CT molecular complexity index is 418. The van der Waals surface area contributed by atoms with Gasteiger partial charge in [0.05, 0.1) is 4.34 Å². The van der Waals surface area contributed by atoms with Crippen LogP contribution in [0.4, 0.5) is 0 Å². The van der Waals surface area contributed by atoms with Gasteiger partial charge in [-0.15, -0.1) is 11.3 Å². The lowest BCUT2D eigenvalue weighted by molar-refractivity contribution is 0.277. The molecule has 1 aliphatic rings. The van der Waals surface area contributed by atoms with Crippen LogP contribution in [0.1, 0.15) is 49.6 Å². The summed E-state index contributed by atoms with van der Waals surface area (Å²) >= 11 is 7.97. The Morgan fingerprint density at radius 1 is 1.45 bits per heavy atom. The van der Waals surface area contributed by atoms with Crippen molar-refractivity contribution in [1.29, 1.82) is 0 Å². The highest BCUT2D eigenvalue weighted by Gasteiger charge is 2.25. The van der Waals surface area contributed by atoms with Crippen LogP contribution in [0.25, 0.3) is 0 Å². The van der Waals surface area contributed by atoms with Crippen molar-refractivity contribution in [3.63, 3.8) is 0 Å². The van der Waals surface area contributed by atoms with E-state index in [-0.39, 0.29) is 0 Å². The number of fused-ring (bicyclic) bond motifs is 1. The van der Waals surface area contributed by atoms with Crippen LogP contribution in [0.3, 0.4) is 0 Å². The quantitative estimate of drug-likeness (QED) is 0.840. The van der Waals surface area contributed by atoms with Crippen LogP contribution in [0.5, 0.6) is 0 Å². The molecule has 2 unspecified atom stereocenters. The Hall–Kier alpha value is -0.0900. The number of halogens is 1. The molecule has 0 amide bonds. The molecule has 20 heavy (non-hydrogen) atoms. The van der Waals surface area contributed by atoms with Gasteiger partial charge in [0.1, 0.15) is 0 Å². The predicted molar refractivity (Wildman–Crippen MR) is 89.9 cm³/mol. The van der Waals surface area contributed by atoms with E-state index in [4.69, 9.17) is 11.6 Å². The molecule has 1 heterocycles. The van der Waals surface area contributed by atoms with E-state index in [1.807, 2.05) is 0 Å². The first-order valence-corrected chi connectivity index (χ1v) is 8.84. The second kappa shape index (κ2) is 7.26. The summed E-state index contributed by atoms with van der Waals surface area (Å²) in [5, 5.41) is 3.89. The number of hydrogen-bond donors (Lipinski definition) is 1. The maximum absolute atomic E-state index is 6.20. The molecule has 2 atom stereocenters. The molecule has 1 aromatic heterocycles. The fourth-order valence-corrected chi connectivity index (χ4v) is 4.57. The first-order chi connectivity index (χ1) is 9.45. The maximum Gasteiger partial charge on any atom is 0.0934 e. The summed E-state index contributed by atoms with van der Waals surface area (Å²) in [7, 11) is 4.31. The van der Waals surface area contributed by atoms with Crippen LogP contribution < -0.4 is 5.32 Å². The minimum absolute atomic E-state index is 0.492. The van der Waals surface area contributed by atoms with Gasteiger partial charge in [0.25, 0.3) is 0 Å². The summed E-state index contributed by atoms with van der Waals surface area (Å²) in [5.74, 6) is 0.724. The molecule has 1 aromatic rings. The van der Waals surface area contributed by atoms with E-state index in [1.165, 1.54) is 36.1 Å². The molecule has 0 radical (unpaired) electrons. The predicted octanol–water partition coefficient (Wildman–Crippen LogP) is 4.34. The summed E-state index contributed by atoms with van der Waals surface area (Å²) in [6, 6.07) is 3.23. The van der Waals surface area contributed by atoms with Crippen molar-refractivity contribution in [3.8, 4) is 0 Å². The topological polar surface area (TPSA) is 15.3 Å². The van der Waals surface area contributed by atoms with Crippen LogP contribution in [-0.4, -0.2) is 31.6 Å². The summed E-state index contributed by atoms with van der Waals surface area (Å²) in [6.07, 6.45) is 4.94. The normalized spacial score (nSPS) is 20.4. The Morgan fingerprint density at radius 3 is 2.85 bits per heavy atom. The number of aryl methyl sites for hydroxylation is 1. The Labute approximate surface area is 132 Å². The Morgan fingerprint density at radius 2 is 2.20 bits per heavy atom. The summed E-state index contributed by atoms with van der Waals surface area (Å²) in [5.41, 5.74) is 1.46. The first-order valence-electron chi connectivity index (χ1n) is 7.64. The van der Waals surface area contributed by atoms with E-state index in [1.54, 1.807) is 11.3 Å². The summed E-state index contributed by atoms with van der Waals surface area (Å²) in [4.78, 5) is 3.77. The zero-order valence-corrected chi connectivity index (χ0v) is 14.7. The standard InChI is InChI=1S/C16H27ClN2S/c1-11(2)8-12(10-19(3)4)18-14-6-5-7-15-13(14)9-16(17)20-15/h9,11-12,14,18H,5-8,10H2,1-4H3. The van der Waals surface area contributed by atoms with Gasteiger partial charge in [0.2, 0.25) is 0 Å². The second-order valence-corrected chi connectivity index (χ2v) is 8.40. The minimum atomic E-state index is 0.492. The van der Waals surface area contributed by atoms with Gasteiger partial charge in [-0.05, 0) is 57.3 Å². The fraction of sp³-hybridized carbons (Fsp3) is 0.750. The van der Waals surface area contributed by atoms with Gasteiger partial charge in [-0.3, -0.25) is 0 Å². The van der Waals surface area contributed by atoms with Gasteiger partial charge < -0.3 is 10.2 Å². The molecule has 0 aliphatic heterocycles. The number of nitrogens with zero attached hydrogens (tertiary/aromatic N) is 1. The maximum atomic E-state index is 6.20. The lowest BCUT2D eigenvalue weighted by Crippen LogP contribution is -2.41. The van der Waals surface area contributed by atoms with Crippen molar-refractivity contribution in [2.75, 3.05) is 20.6 Å². The van der Waals surface area contributed by atoms with Crippen LogP contribution in [0, 0.1) is 5.92 Å². The molecule has 114 valence electrons. The lowest BCUT2D eigenvalue weighted by atomic mass is 9.92. The lowest BCUT2D eigenvalue weighted by Gasteiger charge is -2.31. The number of thiophene rings is 1. The van der Waals surface area contributed by atoms with Crippen molar-refractivity contribution in [3.05, 3.63) is 20.8 Å². The molecule has 2 rings (SSSR count). The van der Waals surface area contributed by atoms with Gasteiger partial charge in [0.15, 0.2) is 0 Å². The van der Waals surface area contributed by atoms with Gasteiger partial charge in [0, 0.05) is 23.5 Å². The summed E-state index contributed by atoms with van der Waals surface area (Å²) < 4.78 is 0.941. The molecule has 0 bridgehead atoms. The average Bonchev–Trinajstić information content (AvgIpc) is 2.68. The minimum Gasteiger partial charge on any atom is -0.308 e. The van der Waals surface area contributed by atoms with Crippen molar-refractivity contribution in [2.45, 2.75) is 51.6 Å². The third-order valence-corrected chi connectivity index (χ3v) is 5.20. The van der Waals surface area contributed by atoms with Crippen molar-refractivity contribution < 1.29 is 0 Å². The molecule has 0 aromatic carbocycles. The van der Waals surface area contributed by atoms with E-state index < -0.39 is 0 Å². The van der Waals surface area contributed by atoms with Gasteiger partial charge in [-0.25, -0.2) is 0 Å². The van der Waals surface area contributed by atoms with Crippen LogP contribution in [0.15, 0.2) is 6.07 Å². The van der Waals surface area contributed by atoms with Crippen molar-refractivity contribution in [2.24, 2.45) is 5.92 Å². The molecular formula is C16H27ClN2S. The zero-order valence-electron chi connectivity index (χ0n) is 13.1. The Kier molecular flexibility index (Phi) is 5.91. The van der Waals surface area contributed by atoms with E-state index in [2.05, 4.69) is 44.2 Å². The van der Waals surface area contributed by atoms with Crippen LogP contribution in [-0.2, 0) is 6.42 Å². The number of rotatable bonds is 6. The fourth-order valence-electron chi connectivity index (χ4n) is 3.18. The van der Waals surface area contributed by atoms with Gasteiger partial charge in [-0.2, -0.15) is 0 Å². The highest BCUT2D eigenvalue weighted by molar-refractivity contribution is 7.16. The molecule has 2 nitrogen and oxygen atoms in total. The van der Waals surface area contributed by atoms with E-state index >= 15 is 0 Å². The highest BCUT2D eigenvalue weighted by atomic mass is 35.5. The van der Waals surface area contributed by atoms with E-state index in [0.29, 0.717) is 12.1 Å². The number of nitrogens with one attached hydrogen (secondary N) is 1. The zero-order chi connectivity index (χ0) is 14.7. The molecule has 4 heteroatoms. The highest BCUT2D eigenvalue weighted by Crippen LogP contribution is 2.38. The molecule has 1 N–H and O–H groups in total. The number of likely N-dealkylation sites (N-methyl/N-ethyl adjacent to an activating group) is 1. The molecule has 0 spiro atoms. The SMILES string of the molecule is CC(C)CC(CN(C)C)NC1CCCc2sc(Cl)cc21. The molecule has 1 aliphatic carbocycles. The largest absolute Gasteiger partial charge is 0.308 e. The molecular weight excluding hydrogens is 288 g/mol. The van der Waals surface area contributed by atoms with Gasteiger partial charge >= 0.3 is 0 Å². The van der Waals surface area contributed by atoms with Crippen molar-refractivity contribution >= 4 is 22.9 Å². The van der Waals surface area contributed by atoms with Crippen molar-refractivity contribution in [1.82, 2.24) is 10.2 Å². The smallest absolute Gasteiger partial charge is 0.0934 e. The molecule has 0 saturated carbocycles. The first kappa shape index (κ1) is 16.3. The van der Waals surface area contributed by atoms with Crippen LogP contribution in [0.2, 0.25) is 4.34 Å². The molecule has 0 saturated heterocycles. The molecule has 0 fully saturated rings.